The summed E-state index contributed by atoms with van der Waals surface area (Å²) in [5, 5.41) is 40.5. The van der Waals surface area contributed by atoms with Gasteiger partial charge in [-0.3, -0.25) is 9.59 Å². The molecule has 0 bridgehead atoms. The van der Waals surface area contributed by atoms with Gasteiger partial charge >= 0.3 is 5.97 Å². The highest BCUT2D eigenvalue weighted by atomic mass is 16.4. The minimum atomic E-state index is -1.28. The van der Waals surface area contributed by atoms with Crippen LogP contribution in [0.25, 0.3) is 0 Å². The molecule has 5 N–H and O–H groups in total. The summed E-state index contributed by atoms with van der Waals surface area (Å²) < 4.78 is 0. The molecule has 29 heavy (non-hydrogen) atoms. The molecule has 0 aliphatic heterocycles. The van der Waals surface area contributed by atoms with Crippen LogP contribution in [0.15, 0.2) is 0 Å². The molecule has 0 aliphatic carbocycles. The first-order chi connectivity index (χ1) is 13.9. The first kappa shape index (κ1) is 27.8. The molecule has 0 heterocycles. The minimum absolute atomic E-state index is 0.229. The van der Waals surface area contributed by atoms with Gasteiger partial charge in [0.15, 0.2) is 0 Å². The number of hydrogen-bond acceptors (Lipinski definition) is 5. The van der Waals surface area contributed by atoms with Crippen molar-refractivity contribution in [3.05, 3.63) is 0 Å². The van der Waals surface area contributed by atoms with Crippen molar-refractivity contribution in [2.24, 2.45) is 0 Å². The Balaban J connectivity index is 3.76. The molecule has 172 valence electrons. The molecule has 7 heteroatoms. The highest BCUT2D eigenvalue weighted by molar-refractivity contribution is 5.80. The molecule has 7 nitrogen and oxygen atoms in total. The van der Waals surface area contributed by atoms with Gasteiger partial charge in [0.2, 0.25) is 5.91 Å². The summed E-state index contributed by atoms with van der Waals surface area (Å²) in [5.41, 5.74) is 0. The molecule has 0 fully saturated rings. The van der Waals surface area contributed by atoms with E-state index in [1.54, 1.807) is 0 Å². The number of carboxylic acid groups (broad SMARTS) is 1. The van der Waals surface area contributed by atoms with E-state index in [1.807, 2.05) is 0 Å². The lowest BCUT2D eigenvalue weighted by molar-refractivity contribution is -0.139. The maximum atomic E-state index is 11.6. The molecule has 0 radical (unpaired) electrons. The van der Waals surface area contributed by atoms with Crippen molar-refractivity contribution < 1.29 is 30.0 Å². The van der Waals surface area contributed by atoms with E-state index in [4.69, 9.17) is 5.11 Å². The fourth-order valence-corrected chi connectivity index (χ4v) is 3.37. The number of carbonyl (C=O) groups is 2. The average Bonchev–Trinajstić information content (AvgIpc) is 2.70. The summed E-state index contributed by atoms with van der Waals surface area (Å²) in [6.45, 7) is 1.71. The number of hydrogen-bond donors (Lipinski definition) is 5. The Kier molecular flexibility index (Phi) is 18.1. The van der Waals surface area contributed by atoms with E-state index < -0.39 is 36.7 Å². The molecule has 0 aromatic heterocycles. The van der Waals surface area contributed by atoms with E-state index in [0.717, 1.165) is 19.3 Å². The summed E-state index contributed by atoms with van der Waals surface area (Å²) >= 11 is 0. The van der Waals surface area contributed by atoms with Crippen LogP contribution in [0.2, 0.25) is 0 Å². The maximum absolute atomic E-state index is 11.6. The average molecular weight is 418 g/mol. The highest BCUT2D eigenvalue weighted by Crippen LogP contribution is 2.14. The van der Waals surface area contributed by atoms with Crippen LogP contribution in [0.3, 0.4) is 0 Å². The lowest BCUT2D eigenvalue weighted by atomic mass is 9.99. The smallest absolute Gasteiger partial charge is 0.303 e. The number of rotatable bonds is 20. The number of amides is 1. The van der Waals surface area contributed by atoms with Gasteiger partial charge in [0.25, 0.3) is 0 Å². The normalized spacial score (nSPS) is 14.3. The zero-order chi connectivity index (χ0) is 21.9. The van der Waals surface area contributed by atoms with Gasteiger partial charge in [0.05, 0.1) is 25.2 Å². The van der Waals surface area contributed by atoms with Crippen molar-refractivity contribution >= 4 is 11.9 Å². The molecule has 0 aromatic rings. The number of carbonyl (C=O) groups excluding carboxylic acids is 1. The van der Waals surface area contributed by atoms with Gasteiger partial charge in [0, 0.05) is 6.42 Å². The van der Waals surface area contributed by atoms with Crippen molar-refractivity contribution in [1.29, 1.82) is 0 Å². The molecule has 3 atom stereocenters. The number of unbranched alkanes of at least 4 members (excludes halogenated alkanes) is 11. The van der Waals surface area contributed by atoms with Crippen molar-refractivity contribution in [1.82, 2.24) is 5.32 Å². The SMILES string of the molecule is CCCCCCCCCCCCCC[C@@H](O)[C@@H](O)[C@H](CO)NC(=O)CCC(=O)O. The predicted octanol–water partition coefficient (Wildman–Crippen LogP) is 3.14. The number of aliphatic carboxylic acids is 1. The second-order valence-corrected chi connectivity index (χ2v) is 7.99. The molecule has 0 saturated carbocycles. The van der Waals surface area contributed by atoms with E-state index in [1.165, 1.54) is 57.8 Å². The quantitative estimate of drug-likeness (QED) is 0.194. The van der Waals surface area contributed by atoms with Gasteiger partial charge in [-0.2, -0.15) is 0 Å². The fraction of sp³-hybridized carbons (Fsp3) is 0.909. The standard InChI is InChI=1S/C22H43NO6/c1-2-3-4-5-6-7-8-9-10-11-12-13-14-19(25)22(29)18(17-24)23-20(26)15-16-21(27)28/h18-19,22,24-25,29H,2-17H2,1H3,(H,23,26)(H,27,28)/t18-,19+,22-/m0/s1. The van der Waals surface area contributed by atoms with Crippen molar-refractivity contribution in [2.75, 3.05) is 6.61 Å². The first-order valence-electron chi connectivity index (χ1n) is 11.4. The third-order valence-corrected chi connectivity index (χ3v) is 5.27. The van der Waals surface area contributed by atoms with E-state index >= 15 is 0 Å². The first-order valence-corrected chi connectivity index (χ1v) is 11.4. The van der Waals surface area contributed by atoms with Gasteiger partial charge < -0.3 is 25.7 Å². The summed E-state index contributed by atoms with van der Waals surface area (Å²) in [6.07, 6.45) is 12.1. The third-order valence-electron chi connectivity index (χ3n) is 5.27. The second-order valence-electron chi connectivity index (χ2n) is 7.99. The predicted molar refractivity (Wildman–Crippen MR) is 114 cm³/mol. The Bertz CT molecular complexity index is 418. The molecule has 0 saturated heterocycles. The molecular formula is C22H43NO6. The monoisotopic (exact) mass is 417 g/mol. The Labute approximate surface area is 175 Å². The van der Waals surface area contributed by atoms with Gasteiger partial charge in [-0.15, -0.1) is 0 Å². The fourth-order valence-electron chi connectivity index (χ4n) is 3.37. The van der Waals surface area contributed by atoms with Crippen LogP contribution in [0.5, 0.6) is 0 Å². The number of aliphatic hydroxyl groups is 3. The molecular weight excluding hydrogens is 374 g/mol. The van der Waals surface area contributed by atoms with Gasteiger partial charge in [-0.1, -0.05) is 84.0 Å². The van der Waals surface area contributed by atoms with Crippen molar-refractivity contribution in [2.45, 2.75) is 121 Å². The van der Waals surface area contributed by atoms with Crippen molar-refractivity contribution in [3.63, 3.8) is 0 Å². The van der Waals surface area contributed by atoms with Gasteiger partial charge in [0.1, 0.15) is 6.10 Å². The van der Waals surface area contributed by atoms with Crippen LogP contribution < -0.4 is 5.32 Å². The largest absolute Gasteiger partial charge is 0.481 e. The highest BCUT2D eigenvalue weighted by Gasteiger charge is 2.27. The Hall–Kier alpha value is -1.18. The lowest BCUT2D eigenvalue weighted by Gasteiger charge is -2.26. The van der Waals surface area contributed by atoms with Crippen molar-refractivity contribution in [3.8, 4) is 0 Å². The molecule has 1 amide bonds. The van der Waals surface area contributed by atoms with Gasteiger partial charge in [-0.25, -0.2) is 0 Å². The van der Waals surface area contributed by atoms with Crippen LogP contribution in [0, 0.1) is 0 Å². The molecule has 0 aromatic carbocycles. The molecule has 0 unspecified atom stereocenters. The van der Waals surface area contributed by atoms with Crippen LogP contribution in [0.4, 0.5) is 0 Å². The third kappa shape index (κ3) is 16.3. The summed E-state index contributed by atoms with van der Waals surface area (Å²) in [5.74, 6) is -1.66. The zero-order valence-corrected chi connectivity index (χ0v) is 18.2. The molecule has 0 rings (SSSR count). The maximum Gasteiger partial charge on any atom is 0.303 e. The number of nitrogens with one attached hydrogen (secondary N) is 1. The number of aliphatic hydroxyl groups excluding tert-OH is 3. The Morgan fingerprint density at radius 1 is 0.793 bits per heavy atom. The van der Waals surface area contributed by atoms with Gasteiger partial charge in [-0.05, 0) is 6.42 Å². The van der Waals surface area contributed by atoms with Crippen LogP contribution in [-0.2, 0) is 9.59 Å². The topological polar surface area (TPSA) is 127 Å². The second kappa shape index (κ2) is 18.8. The van der Waals surface area contributed by atoms with E-state index in [2.05, 4.69) is 12.2 Å². The summed E-state index contributed by atoms with van der Waals surface area (Å²) in [7, 11) is 0. The lowest BCUT2D eigenvalue weighted by Crippen LogP contribution is -2.50. The number of carboxylic acids is 1. The summed E-state index contributed by atoms with van der Waals surface area (Å²) in [6, 6.07) is -0.997. The van der Waals surface area contributed by atoms with Crippen LogP contribution in [0.1, 0.15) is 103 Å². The van der Waals surface area contributed by atoms with E-state index in [0.29, 0.717) is 6.42 Å². The zero-order valence-electron chi connectivity index (χ0n) is 18.2. The Morgan fingerprint density at radius 2 is 1.28 bits per heavy atom. The minimum Gasteiger partial charge on any atom is -0.481 e. The molecule has 0 spiro atoms. The van der Waals surface area contributed by atoms with E-state index in [-0.39, 0.29) is 12.8 Å². The van der Waals surface area contributed by atoms with Crippen LogP contribution in [-0.4, -0.2) is 57.2 Å². The van der Waals surface area contributed by atoms with Crippen LogP contribution >= 0.6 is 0 Å². The summed E-state index contributed by atoms with van der Waals surface area (Å²) in [4.78, 5) is 22.1. The molecule has 0 aliphatic rings. The Morgan fingerprint density at radius 3 is 1.72 bits per heavy atom. The van der Waals surface area contributed by atoms with E-state index in [9.17, 15) is 24.9 Å².